The zero-order valence-corrected chi connectivity index (χ0v) is 18.8. The standard InChI is InChI=1S/C25H27N5O4/c31-22-8-7-21(23(32)28-22)30-24(33)19-6-3-17(13-20(19)25(30)34)15-27-14-16-1-4-18(5-2-16)29-11-9-26-10-12-29/h1-6,13,21,26-27H,7-12,14-15H2,(H,28,31,32). The number of carbonyl (C=O) groups is 4. The maximum atomic E-state index is 13.0. The lowest BCUT2D eigenvalue weighted by Crippen LogP contribution is -2.54. The molecule has 3 heterocycles. The molecule has 176 valence electrons. The molecule has 2 aromatic rings. The fourth-order valence-electron chi connectivity index (χ4n) is 4.73. The Morgan fingerprint density at radius 3 is 2.26 bits per heavy atom. The van der Waals surface area contributed by atoms with Crippen LogP contribution in [0.15, 0.2) is 42.5 Å². The first-order valence-electron chi connectivity index (χ1n) is 11.6. The first-order chi connectivity index (χ1) is 16.5. The Labute approximate surface area is 197 Å². The third kappa shape index (κ3) is 4.32. The van der Waals surface area contributed by atoms with Crippen LogP contribution in [-0.4, -0.2) is 60.7 Å². The number of piperidine rings is 1. The normalized spacial score (nSPS) is 20.5. The molecule has 0 radical (unpaired) electrons. The van der Waals surface area contributed by atoms with E-state index in [-0.39, 0.29) is 18.7 Å². The van der Waals surface area contributed by atoms with Crippen molar-refractivity contribution in [3.8, 4) is 0 Å². The Bertz CT molecular complexity index is 1140. The number of benzene rings is 2. The third-order valence-electron chi connectivity index (χ3n) is 6.58. The molecule has 1 atom stereocenters. The number of rotatable bonds is 6. The fourth-order valence-corrected chi connectivity index (χ4v) is 4.73. The molecule has 5 rings (SSSR count). The highest BCUT2D eigenvalue weighted by Crippen LogP contribution is 2.28. The van der Waals surface area contributed by atoms with Crippen LogP contribution < -0.4 is 20.9 Å². The molecule has 2 saturated heterocycles. The highest BCUT2D eigenvalue weighted by molar-refractivity contribution is 6.23. The number of nitrogens with zero attached hydrogens (tertiary/aromatic N) is 2. The number of imide groups is 2. The van der Waals surface area contributed by atoms with E-state index in [1.165, 1.54) is 5.69 Å². The third-order valence-corrected chi connectivity index (χ3v) is 6.58. The number of fused-ring (bicyclic) bond motifs is 1. The monoisotopic (exact) mass is 461 g/mol. The first-order valence-corrected chi connectivity index (χ1v) is 11.6. The van der Waals surface area contributed by atoms with Gasteiger partial charge in [-0.15, -0.1) is 0 Å². The molecule has 0 spiro atoms. The molecule has 9 heteroatoms. The van der Waals surface area contributed by atoms with Crippen molar-refractivity contribution in [3.05, 3.63) is 64.7 Å². The summed E-state index contributed by atoms with van der Waals surface area (Å²) in [5, 5.41) is 8.96. The zero-order chi connectivity index (χ0) is 23.7. The van der Waals surface area contributed by atoms with Crippen LogP contribution in [0.4, 0.5) is 5.69 Å². The van der Waals surface area contributed by atoms with Crippen molar-refractivity contribution in [1.29, 1.82) is 0 Å². The van der Waals surface area contributed by atoms with Crippen LogP contribution in [-0.2, 0) is 22.7 Å². The summed E-state index contributed by atoms with van der Waals surface area (Å²) in [5.74, 6) is -1.96. The Balaban J connectivity index is 1.20. The molecule has 1 unspecified atom stereocenters. The molecular weight excluding hydrogens is 434 g/mol. The largest absolute Gasteiger partial charge is 0.369 e. The van der Waals surface area contributed by atoms with Crippen molar-refractivity contribution < 1.29 is 19.2 Å². The van der Waals surface area contributed by atoms with E-state index in [2.05, 4.69) is 45.1 Å². The van der Waals surface area contributed by atoms with Gasteiger partial charge in [0.2, 0.25) is 11.8 Å². The quantitative estimate of drug-likeness (QED) is 0.546. The second kappa shape index (κ2) is 9.36. The minimum atomic E-state index is -0.948. The minimum Gasteiger partial charge on any atom is -0.369 e. The maximum absolute atomic E-state index is 13.0. The predicted octanol–water partition coefficient (Wildman–Crippen LogP) is 0.787. The van der Waals surface area contributed by atoms with Crippen molar-refractivity contribution in [3.63, 3.8) is 0 Å². The number of carbonyl (C=O) groups excluding carboxylic acids is 4. The van der Waals surface area contributed by atoms with E-state index in [1.54, 1.807) is 12.1 Å². The Morgan fingerprint density at radius 2 is 1.53 bits per heavy atom. The van der Waals surface area contributed by atoms with Gasteiger partial charge in [0.25, 0.3) is 11.8 Å². The van der Waals surface area contributed by atoms with Gasteiger partial charge in [-0.3, -0.25) is 29.4 Å². The lowest BCUT2D eigenvalue weighted by molar-refractivity contribution is -0.136. The van der Waals surface area contributed by atoms with E-state index in [4.69, 9.17) is 0 Å². The molecule has 2 fully saturated rings. The van der Waals surface area contributed by atoms with Crippen LogP contribution in [0.5, 0.6) is 0 Å². The Morgan fingerprint density at radius 1 is 0.853 bits per heavy atom. The molecule has 0 saturated carbocycles. The molecule has 0 aromatic heterocycles. The van der Waals surface area contributed by atoms with Crippen LogP contribution >= 0.6 is 0 Å². The summed E-state index contributed by atoms with van der Waals surface area (Å²) in [6.07, 6.45) is 0.257. The van der Waals surface area contributed by atoms with E-state index in [0.29, 0.717) is 24.2 Å². The van der Waals surface area contributed by atoms with Gasteiger partial charge < -0.3 is 15.5 Å². The van der Waals surface area contributed by atoms with Crippen LogP contribution in [0.25, 0.3) is 0 Å². The van der Waals surface area contributed by atoms with Gasteiger partial charge in [-0.2, -0.15) is 0 Å². The predicted molar refractivity (Wildman–Crippen MR) is 125 cm³/mol. The molecule has 2 aromatic carbocycles. The summed E-state index contributed by atoms with van der Waals surface area (Å²) < 4.78 is 0. The Kier molecular flexibility index (Phi) is 6.12. The average Bonchev–Trinajstić information content (AvgIpc) is 3.10. The van der Waals surface area contributed by atoms with Crippen molar-refractivity contribution in [2.75, 3.05) is 31.1 Å². The van der Waals surface area contributed by atoms with Gasteiger partial charge in [-0.05, 0) is 41.8 Å². The molecule has 0 aliphatic carbocycles. The van der Waals surface area contributed by atoms with Crippen molar-refractivity contribution in [2.45, 2.75) is 32.0 Å². The highest BCUT2D eigenvalue weighted by atomic mass is 16.2. The summed E-state index contributed by atoms with van der Waals surface area (Å²) in [6, 6.07) is 12.7. The summed E-state index contributed by atoms with van der Waals surface area (Å²) >= 11 is 0. The van der Waals surface area contributed by atoms with Crippen LogP contribution in [0.3, 0.4) is 0 Å². The summed E-state index contributed by atoms with van der Waals surface area (Å²) in [7, 11) is 0. The summed E-state index contributed by atoms with van der Waals surface area (Å²) in [4.78, 5) is 52.7. The van der Waals surface area contributed by atoms with E-state index in [9.17, 15) is 19.2 Å². The molecule has 3 N–H and O–H groups in total. The molecule has 9 nitrogen and oxygen atoms in total. The van der Waals surface area contributed by atoms with Gasteiger partial charge >= 0.3 is 0 Å². The van der Waals surface area contributed by atoms with E-state index in [1.807, 2.05) is 6.07 Å². The minimum absolute atomic E-state index is 0.106. The zero-order valence-electron chi connectivity index (χ0n) is 18.8. The molecular formula is C25H27N5O4. The summed E-state index contributed by atoms with van der Waals surface area (Å²) in [5.41, 5.74) is 3.86. The molecule has 3 aliphatic heterocycles. The number of nitrogens with one attached hydrogen (secondary N) is 3. The summed E-state index contributed by atoms with van der Waals surface area (Å²) in [6.45, 7) is 5.24. The second-order valence-electron chi connectivity index (χ2n) is 8.83. The second-order valence-corrected chi connectivity index (χ2v) is 8.83. The van der Waals surface area contributed by atoms with Crippen molar-refractivity contribution >= 4 is 29.3 Å². The van der Waals surface area contributed by atoms with Gasteiger partial charge in [-0.1, -0.05) is 18.2 Å². The highest BCUT2D eigenvalue weighted by Gasteiger charge is 2.44. The van der Waals surface area contributed by atoms with Gasteiger partial charge in [0.05, 0.1) is 11.1 Å². The lowest BCUT2D eigenvalue weighted by Gasteiger charge is -2.29. The van der Waals surface area contributed by atoms with Crippen molar-refractivity contribution in [1.82, 2.24) is 20.9 Å². The lowest BCUT2D eigenvalue weighted by atomic mass is 10.0. The van der Waals surface area contributed by atoms with E-state index < -0.39 is 23.8 Å². The number of piperazine rings is 1. The Hall–Kier alpha value is -3.56. The van der Waals surface area contributed by atoms with E-state index >= 15 is 0 Å². The smallest absolute Gasteiger partial charge is 0.262 e. The SMILES string of the molecule is O=C1CCC(N2C(=O)c3ccc(CNCc4ccc(N5CCNCC5)cc4)cc3C2=O)C(=O)N1. The number of hydrogen-bond acceptors (Lipinski definition) is 7. The first kappa shape index (κ1) is 22.2. The van der Waals surface area contributed by atoms with Gasteiger partial charge in [0.15, 0.2) is 0 Å². The molecule has 4 amide bonds. The fraction of sp³-hybridized carbons (Fsp3) is 0.360. The van der Waals surface area contributed by atoms with Gasteiger partial charge in [0.1, 0.15) is 6.04 Å². The van der Waals surface area contributed by atoms with Crippen molar-refractivity contribution in [2.24, 2.45) is 0 Å². The number of anilines is 1. The average molecular weight is 462 g/mol. The van der Waals surface area contributed by atoms with Gasteiger partial charge in [-0.25, -0.2) is 0 Å². The molecule has 34 heavy (non-hydrogen) atoms. The molecule has 0 bridgehead atoms. The van der Waals surface area contributed by atoms with Crippen LogP contribution in [0.2, 0.25) is 0 Å². The molecule has 3 aliphatic rings. The topological polar surface area (TPSA) is 111 Å². The van der Waals surface area contributed by atoms with E-state index in [0.717, 1.165) is 42.2 Å². The van der Waals surface area contributed by atoms with Crippen LogP contribution in [0.1, 0.15) is 44.7 Å². The number of amides is 4. The van der Waals surface area contributed by atoms with Crippen LogP contribution in [0, 0.1) is 0 Å². The number of hydrogen-bond donors (Lipinski definition) is 3. The maximum Gasteiger partial charge on any atom is 0.262 e. The van der Waals surface area contributed by atoms with Gasteiger partial charge in [0, 0.05) is 51.4 Å².